The van der Waals surface area contributed by atoms with Crippen LogP contribution in [0.3, 0.4) is 0 Å². The smallest absolute Gasteiger partial charge is 0.330 e. The highest BCUT2D eigenvalue weighted by Gasteiger charge is 2.24. The van der Waals surface area contributed by atoms with Gasteiger partial charge < -0.3 is 51.1 Å². The molecule has 0 bridgehead atoms. The average molecular weight is 627 g/mol. The quantitative estimate of drug-likeness (QED) is 0.145. The minimum absolute atomic E-state index is 0.0451. The van der Waals surface area contributed by atoms with Crippen LogP contribution in [0.4, 0.5) is 0 Å². The van der Waals surface area contributed by atoms with Crippen molar-refractivity contribution in [3.8, 4) is 0 Å². The first kappa shape index (κ1) is 54.9. The minimum atomic E-state index is -0.981. The Kier molecular flexibility index (Phi) is 45.8. The van der Waals surface area contributed by atoms with Gasteiger partial charge in [-0.2, -0.15) is 0 Å². The summed E-state index contributed by atoms with van der Waals surface area (Å²) in [5, 5.41) is 81.4. The van der Waals surface area contributed by atoms with Crippen molar-refractivity contribution in [3.63, 3.8) is 0 Å². The lowest BCUT2D eigenvalue weighted by molar-refractivity contribution is -0.133. The van der Waals surface area contributed by atoms with Crippen LogP contribution in [0.25, 0.3) is 0 Å². The molecule has 0 saturated heterocycles. The Bertz CT molecular complexity index is 725. The van der Waals surface area contributed by atoms with Crippen LogP contribution >= 0.6 is 0 Å². The van der Waals surface area contributed by atoms with Crippen LogP contribution in [0.2, 0.25) is 0 Å². The summed E-state index contributed by atoms with van der Waals surface area (Å²) in [5.74, 6) is -4.81. The second-order valence-electron chi connectivity index (χ2n) is 8.61. The van der Waals surface area contributed by atoms with Crippen LogP contribution in [0.5, 0.6) is 0 Å². The van der Waals surface area contributed by atoms with E-state index in [0.29, 0.717) is 6.42 Å². The van der Waals surface area contributed by atoms with Gasteiger partial charge >= 0.3 is 29.8 Å². The van der Waals surface area contributed by atoms with Crippen LogP contribution in [0.15, 0.2) is 62.3 Å². The van der Waals surface area contributed by atoms with Gasteiger partial charge in [0.1, 0.15) is 0 Å². The van der Waals surface area contributed by atoms with Crippen molar-refractivity contribution >= 4 is 29.8 Å². The highest BCUT2D eigenvalue weighted by Crippen LogP contribution is 2.18. The fourth-order valence-corrected chi connectivity index (χ4v) is 0.535. The summed E-state index contributed by atoms with van der Waals surface area (Å²) in [6, 6.07) is 0. The van der Waals surface area contributed by atoms with E-state index >= 15 is 0 Å². The van der Waals surface area contributed by atoms with Gasteiger partial charge in [0.15, 0.2) is 0 Å². The van der Waals surface area contributed by atoms with Crippen LogP contribution in [-0.2, 0) is 24.0 Å². The summed E-state index contributed by atoms with van der Waals surface area (Å²) in [6.07, 6.45) is 3.09. The number of aliphatic hydroxyl groups is 5. The number of aliphatic hydroxyl groups excluding tert-OH is 5. The molecular weight excluding hydrogens is 576 g/mol. The first-order chi connectivity index (χ1) is 19.5. The van der Waals surface area contributed by atoms with Crippen molar-refractivity contribution in [2.24, 2.45) is 10.8 Å². The number of carboxylic acids is 5. The van der Waals surface area contributed by atoms with Gasteiger partial charge in [-0.1, -0.05) is 53.7 Å². The zero-order chi connectivity index (χ0) is 36.4. The van der Waals surface area contributed by atoms with E-state index in [1.54, 1.807) is 13.8 Å². The topological polar surface area (TPSA) is 288 Å². The lowest BCUT2D eigenvalue weighted by Crippen LogP contribution is -2.32. The molecule has 0 amide bonds. The second kappa shape index (κ2) is 35.9. The molecule has 15 nitrogen and oxygen atoms in total. The van der Waals surface area contributed by atoms with E-state index in [1.165, 1.54) is 13.8 Å². The monoisotopic (exact) mass is 626 g/mol. The fraction of sp³-hybridized carbons (Fsp3) is 0.464. The summed E-state index contributed by atoms with van der Waals surface area (Å²) in [4.78, 5) is 46.9. The van der Waals surface area contributed by atoms with Gasteiger partial charge in [-0.05, 0) is 20.3 Å². The molecule has 0 aliphatic carbocycles. The maximum atomic E-state index is 9.60. The van der Waals surface area contributed by atoms with Crippen LogP contribution < -0.4 is 0 Å². The van der Waals surface area contributed by atoms with E-state index in [4.69, 9.17) is 51.1 Å². The molecule has 0 atom stereocenters. The molecule has 0 fully saturated rings. The number of hydrogen-bond donors (Lipinski definition) is 10. The Morgan fingerprint density at radius 3 is 0.721 bits per heavy atom. The Morgan fingerprint density at radius 2 is 0.721 bits per heavy atom. The number of rotatable bonds is 11. The molecule has 0 aromatic carbocycles. The molecule has 10 N–H and O–H groups in total. The summed E-state index contributed by atoms with van der Waals surface area (Å²) in [7, 11) is 0. The maximum Gasteiger partial charge on any atom is 0.330 e. The Balaban J connectivity index is -0.0000000711. The van der Waals surface area contributed by atoms with Gasteiger partial charge in [-0.25, -0.2) is 24.0 Å². The maximum absolute atomic E-state index is 9.60. The SMILES string of the molecule is C=C(C)C(=O)O.C=C(C)C(=O)O.C=CC(=O)O.C=CC(=O)O.C=CC(=O)O.CC(C)(CO)CO.CCC(CO)(CO)CO. The first-order valence-electron chi connectivity index (χ1n) is 11.8. The van der Waals surface area contributed by atoms with Crippen molar-refractivity contribution in [1.82, 2.24) is 0 Å². The Morgan fingerprint density at radius 1 is 0.558 bits per heavy atom. The Hall–Kier alpha value is -4.15. The number of carbonyl (C=O) groups is 5. The fourth-order valence-electron chi connectivity index (χ4n) is 0.535. The number of hydrogen-bond acceptors (Lipinski definition) is 10. The predicted octanol–water partition coefficient (Wildman–Crippen LogP) is 1.42. The normalized spacial score (nSPS) is 8.79. The third-order valence-electron chi connectivity index (χ3n) is 3.87. The second-order valence-corrected chi connectivity index (χ2v) is 8.61. The van der Waals surface area contributed by atoms with Crippen molar-refractivity contribution < 1.29 is 75.0 Å². The van der Waals surface area contributed by atoms with Gasteiger partial charge in [0.2, 0.25) is 0 Å². The molecule has 0 aromatic heterocycles. The van der Waals surface area contributed by atoms with Gasteiger partial charge in [0.25, 0.3) is 0 Å². The van der Waals surface area contributed by atoms with Crippen LogP contribution in [0, 0.1) is 10.8 Å². The molecule has 0 heterocycles. The molecule has 43 heavy (non-hydrogen) atoms. The lowest BCUT2D eigenvalue weighted by atomic mass is 9.88. The largest absolute Gasteiger partial charge is 0.478 e. The number of aliphatic carboxylic acids is 5. The molecule has 0 spiro atoms. The predicted molar refractivity (Wildman–Crippen MR) is 160 cm³/mol. The van der Waals surface area contributed by atoms with Crippen molar-refractivity contribution in [3.05, 3.63) is 62.3 Å². The summed E-state index contributed by atoms with van der Waals surface area (Å²) < 4.78 is 0. The van der Waals surface area contributed by atoms with Gasteiger partial charge in [-0.15, -0.1) is 0 Å². The summed E-state index contributed by atoms with van der Waals surface area (Å²) in [6.45, 7) is 23.1. The zero-order valence-electron chi connectivity index (χ0n) is 25.5. The molecule has 0 aromatic rings. The third kappa shape index (κ3) is 62.7. The van der Waals surface area contributed by atoms with Crippen molar-refractivity contribution in [2.75, 3.05) is 33.0 Å². The zero-order valence-corrected chi connectivity index (χ0v) is 25.5. The Labute approximate surface area is 252 Å². The molecule has 252 valence electrons. The lowest BCUT2D eigenvalue weighted by Gasteiger charge is -2.24. The summed E-state index contributed by atoms with van der Waals surface area (Å²) in [5.41, 5.74) is -0.620. The molecule has 0 unspecified atom stereocenters. The minimum Gasteiger partial charge on any atom is -0.478 e. The van der Waals surface area contributed by atoms with E-state index in [9.17, 15) is 24.0 Å². The van der Waals surface area contributed by atoms with E-state index in [-0.39, 0.29) is 49.6 Å². The molecule has 15 heteroatoms. The van der Waals surface area contributed by atoms with Crippen LogP contribution in [0.1, 0.15) is 41.0 Å². The van der Waals surface area contributed by atoms with E-state index < -0.39 is 35.3 Å². The van der Waals surface area contributed by atoms with Gasteiger partial charge in [-0.3, -0.25) is 0 Å². The number of carboxylic acid groups (broad SMARTS) is 5. The molecule has 0 rings (SSSR count). The highest BCUT2D eigenvalue weighted by atomic mass is 16.4. The third-order valence-corrected chi connectivity index (χ3v) is 3.87. The van der Waals surface area contributed by atoms with Crippen molar-refractivity contribution in [2.45, 2.75) is 41.0 Å². The first-order valence-corrected chi connectivity index (χ1v) is 11.8. The summed E-state index contributed by atoms with van der Waals surface area (Å²) >= 11 is 0. The average Bonchev–Trinajstić information content (AvgIpc) is 2.96. The standard InChI is InChI=1S/C6H14O3.C5H12O2.2C4H6O2.3C3H4O2/c1-2-6(3-7,4-8)5-9;1-5(2,3-6)4-7;2*1-3(2)4(5)6;3*1-2-3(4)5/h7-9H,2-5H2,1H3;6-7H,3-4H2,1-2H3;2*1H2,2H3,(H,5,6);3*2H,1H2,(H,4,5). The molecule has 0 aliphatic heterocycles. The van der Waals surface area contributed by atoms with Crippen LogP contribution in [-0.4, -0.2) is 114 Å². The van der Waals surface area contributed by atoms with Crippen molar-refractivity contribution in [1.29, 1.82) is 0 Å². The van der Waals surface area contributed by atoms with Gasteiger partial charge in [0, 0.05) is 40.2 Å². The highest BCUT2D eigenvalue weighted by molar-refractivity contribution is 5.85. The van der Waals surface area contributed by atoms with Gasteiger partial charge in [0.05, 0.1) is 33.0 Å². The van der Waals surface area contributed by atoms with E-state index in [2.05, 4.69) is 32.9 Å². The molecule has 0 aliphatic rings. The molecular formula is C28H50O15. The van der Waals surface area contributed by atoms with E-state index in [0.717, 1.165) is 18.2 Å². The van der Waals surface area contributed by atoms with E-state index in [1.807, 2.05) is 6.92 Å². The molecule has 0 radical (unpaired) electrons. The molecule has 0 saturated carbocycles.